The highest BCUT2D eigenvalue weighted by Gasteiger charge is 2.58. The van der Waals surface area contributed by atoms with Gasteiger partial charge in [-0.2, -0.15) is 0 Å². The van der Waals surface area contributed by atoms with Crippen LogP contribution < -0.4 is 11.1 Å². The van der Waals surface area contributed by atoms with Gasteiger partial charge in [-0.25, -0.2) is 0 Å². The van der Waals surface area contributed by atoms with Crippen LogP contribution in [0.2, 0.25) is 0 Å². The molecule has 6 nitrogen and oxygen atoms in total. The first-order valence-corrected chi connectivity index (χ1v) is 9.32. The number of nitrogens with two attached hydrogens (primary N) is 1. The number of rotatable bonds is 1. The molecule has 2 saturated carbocycles. The predicted octanol–water partition coefficient (Wildman–Crippen LogP) is 1.19. The second kappa shape index (κ2) is 6.73. The Morgan fingerprint density at radius 2 is 1.92 bits per heavy atom. The molecule has 1 aliphatic heterocycles. The fraction of sp³-hybridized carbons (Fsp3) is 0.833. The summed E-state index contributed by atoms with van der Waals surface area (Å²) in [6.07, 6.45) is 8.18. The van der Waals surface area contributed by atoms with Gasteiger partial charge in [-0.05, 0) is 38.0 Å². The van der Waals surface area contributed by atoms with Gasteiger partial charge in [-0.3, -0.25) is 14.4 Å². The number of amides is 3. The van der Waals surface area contributed by atoms with E-state index < -0.39 is 17.2 Å². The van der Waals surface area contributed by atoms with Gasteiger partial charge < -0.3 is 16.0 Å². The molecule has 0 bridgehead atoms. The maximum atomic E-state index is 12.9. The van der Waals surface area contributed by atoms with Crippen LogP contribution in [0.3, 0.4) is 0 Å². The van der Waals surface area contributed by atoms with Gasteiger partial charge in [0.1, 0.15) is 5.41 Å². The molecular formula is C18H29N3O3. The highest BCUT2D eigenvalue weighted by molar-refractivity contribution is 6.08. The van der Waals surface area contributed by atoms with E-state index in [9.17, 15) is 14.4 Å². The SMILES string of the molecule is CN1CCCCCCC2CC2NC(=O)C2(C(N)=O)CCCC2C1=O. The van der Waals surface area contributed by atoms with Crippen LogP contribution >= 0.6 is 0 Å². The number of carbonyl (C=O) groups excluding carboxylic acids is 3. The molecule has 3 fully saturated rings. The van der Waals surface area contributed by atoms with Crippen molar-refractivity contribution in [2.75, 3.05) is 13.6 Å². The molecular weight excluding hydrogens is 306 g/mol. The molecule has 0 aromatic carbocycles. The molecule has 0 spiro atoms. The Morgan fingerprint density at radius 3 is 2.67 bits per heavy atom. The summed E-state index contributed by atoms with van der Waals surface area (Å²) < 4.78 is 0. The van der Waals surface area contributed by atoms with E-state index in [1.165, 1.54) is 6.42 Å². The lowest BCUT2D eigenvalue weighted by Crippen LogP contribution is -2.56. The van der Waals surface area contributed by atoms with Gasteiger partial charge in [0.2, 0.25) is 17.7 Å². The van der Waals surface area contributed by atoms with Crippen molar-refractivity contribution in [3.05, 3.63) is 0 Å². The summed E-state index contributed by atoms with van der Waals surface area (Å²) in [5.74, 6) is -1.15. The average Bonchev–Trinajstić information content (AvgIpc) is 3.10. The summed E-state index contributed by atoms with van der Waals surface area (Å²) in [6.45, 7) is 0.678. The first-order chi connectivity index (χ1) is 11.5. The van der Waals surface area contributed by atoms with Gasteiger partial charge in [0.25, 0.3) is 0 Å². The Balaban J connectivity index is 1.85. The summed E-state index contributed by atoms with van der Waals surface area (Å²) in [4.78, 5) is 39.8. The average molecular weight is 335 g/mol. The maximum absolute atomic E-state index is 12.9. The van der Waals surface area contributed by atoms with Gasteiger partial charge in [-0.15, -0.1) is 0 Å². The summed E-state index contributed by atoms with van der Waals surface area (Å²) in [7, 11) is 1.77. The van der Waals surface area contributed by atoms with E-state index in [0.29, 0.717) is 31.7 Å². The molecule has 3 N–H and O–H groups in total. The van der Waals surface area contributed by atoms with Gasteiger partial charge in [0, 0.05) is 19.6 Å². The minimum absolute atomic E-state index is 0.106. The number of nitrogens with one attached hydrogen (secondary N) is 1. The summed E-state index contributed by atoms with van der Waals surface area (Å²) in [5.41, 5.74) is 4.31. The van der Waals surface area contributed by atoms with Crippen molar-refractivity contribution in [2.45, 2.75) is 63.8 Å². The van der Waals surface area contributed by atoms with Crippen LogP contribution in [-0.2, 0) is 14.4 Å². The van der Waals surface area contributed by atoms with Crippen LogP contribution in [0.15, 0.2) is 0 Å². The predicted molar refractivity (Wildman–Crippen MR) is 89.7 cm³/mol. The van der Waals surface area contributed by atoms with Gasteiger partial charge in [-0.1, -0.05) is 25.7 Å². The molecule has 6 heteroatoms. The highest BCUT2D eigenvalue weighted by Crippen LogP contribution is 2.46. The summed E-state index contributed by atoms with van der Waals surface area (Å²) >= 11 is 0. The maximum Gasteiger partial charge on any atom is 0.236 e. The summed E-state index contributed by atoms with van der Waals surface area (Å²) in [5, 5.41) is 3.03. The number of nitrogens with zero attached hydrogens (tertiary/aromatic N) is 1. The van der Waals surface area contributed by atoms with Crippen molar-refractivity contribution in [1.29, 1.82) is 0 Å². The Labute approximate surface area is 143 Å². The fourth-order valence-corrected chi connectivity index (χ4v) is 4.54. The largest absolute Gasteiger partial charge is 0.369 e. The van der Waals surface area contributed by atoms with Crippen LogP contribution in [0.25, 0.3) is 0 Å². The van der Waals surface area contributed by atoms with Crippen LogP contribution in [0, 0.1) is 17.3 Å². The van der Waals surface area contributed by atoms with Crippen LogP contribution in [-0.4, -0.2) is 42.3 Å². The number of primary amides is 1. The first kappa shape index (κ1) is 17.2. The van der Waals surface area contributed by atoms with Crippen molar-refractivity contribution < 1.29 is 14.4 Å². The molecule has 0 aromatic rings. The Hall–Kier alpha value is -1.59. The van der Waals surface area contributed by atoms with Crippen molar-refractivity contribution in [1.82, 2.24) is 10.2 Å². The van der Waals surface area contributed by atoms with Crippen LogP contribution in [0.1, 0.15) is 57.8 Å². The molecule has 1 saturated heterocycles. The van der Waals surface area contributed by atoms with E-state index in [2.05, 4.69) is 5.32 Å². The quantitative estimate of drug-likeness (QED) is 0.705. The number of hydrogen-bond acceptors (Lipinski definition) is 3. The Morgan fingerprint density at radius 1 is 1.17 bits per heavy atom. The number of carbonyl (C=O) groups is 3. The molecule has 4 atom stereocenters. The topological polar surface area (TPSA) is 92.5 Å². The monoisotopic (exact) mass is 335 g/mol. The summed E-state index contributed by atoms with van der Waals surface area (Å²) in [6, 6.07) is 0.158. The zero-order valence-electron chi connectivity index (χ0n) is 14.6. The lowest BCUT2D eigenvalue weighted by molar-refractivity contribution is -0.153. The molecule has 4 unspecified atom stereocenters. The smallest absolute Gasteiger partial charge is 0.236 e. The van der Waals surface area contributed by atoms with Crippen LogP contribution in [0.5, 0.6) is 0 Å². The lowest BCUT2D eigenvalue weighted by Gasteiger charge is -2.33. The fourth-order valence-electron chi connectivity index (χ4n) is 4.54. The lowest BCUT2D eigenvalue weighted by atomic mass is 9.75. The second-order valence-electron chi connectivity index (χ2n) is 7.82. The van der Waals surface area contributed by atoms with E-state index >= 15 is 0 Å². The molecule has 134 valence electrons. The minimum Gasteiger partial charge on any atom is -0.369 e. The zero-order valence-corrected chi connectivity index (χ0v) is 14.6. The molecule has 3 amide bonds. The van der Waals surface area contributed by atoms with Crippen molar-refractivity contribution in [3.63, 3.8) is 0 Å². The van der Waals surface area contributed by atoms with E-state index in [1.54, 1.807) is 11.9 Å². The number of hydrogen-bond donors (Lipinski definition) is 2. The number of fused-ring (bicyclic) bond motifs is 2. The van der Waals surface area contributed by atoms with Crippen molar-refractivity contribution in [2.24, 2.45) is 23.0 Å². The molecule has 24 heavy (non-hydrogen) atoms. The third kappa shape index (κ3) is 3.03. The van der Waals surface area contributed by atoms with Crippen molar-refractivity contribution >= 4 is 17.7 Å². The van der Waals surface area contributed by atoms with E-state index in [0.717, 1.165) is 32.1 Å². The molecule has 0 radical (unpaired) electrons. The van der Waals surface area contributed by atoms with E-state index in [-0.39, 0.29) is 17.9 Å². The Bertz CT molecular complexity index is 536. The third-order valence-electron chi connectivity index (χ3n) is 6.24. The normalized spacial score (nSPS) is 37.9. The van der Waals surface area contributed by atoms with Gasteiger partial charge in [0.05, 0.1) is 5.92 Å². The highest BCUT2D eigenvalue weighted by atomic mass is 16.2. The third-order valence-corrected chi connectivity index (χ3v) is 6.24. The molecule has 3 aliphatic rings. The van der Waals surface area contributed by atoms with Crippen molar-refractivity contribution in [3.8, 4) is 0 Å². The van der Waals surface area contributed by atoms with Gasteiger partial charge >= 0.3 is 0 Å². The van der Waals surface area contributed by atoms with E-state index in [1.807, 2.05) is 0 Å². The van der Waals surface area contributed by atoms with E-state index in [4.69, 9.17) is 5.73 Å². The van der Waals surface area contributed by atoms with Crippen LogP contribution in [0.4, 0.5) is 0 Å². The Kier molecular flexibility index (Phi) is 4.83. The minimum atomic E-state index is -1.36. The molecule has 1 heterocycles. The first-order valence-electron chi connectivity index (χ1n) is 9.32. The molecule has 0 aromatic heterocycles. The van der Waals surface area contributed by atoms with Gasteiger partial charge in [0.15, 0.2) is 0 Å². The zero-order chi connectivity index (χ0) is 17.3. The molecule has 2 aliphatic carbocycles. The molecule has 3 rings (SSSR count). The second-order valence-corrected chi connectivity index (χ2v) is 7.82. The standard InChI is InChI=1S/C18H29N3O3/c1-21-10-5-3-2-4-7-12-11-14(12)20-17(24)18(16(19)23)9-6-8-13(18)15(21)22/h12-14H,2-11H2,1H3,(H2,19,23)(H,20,24).